The van der Waals surface area contributed by atoms with E-state index >= 15 is 0 Å². The van der Waals surface area contributed by atoms with E-state index in [1.165, 1.54) is 12.7 Å². The van der Waals surface area contributed by atoms with E-state index in [0.717, 1.165) is 0 Å². The van der Waals surface area contributed by atoms with Gasteiger partial charge in [0.25, 0.3) is 0 Å². The van der Waals surface area contributed by atoms with Crippen LogP contribution in [0.2, 0.25) is 0 Å². The van der Waals surface area contributed by atoms with Crippen LogP contribution in [0.4, 0.5) is 5.82 Å². The Morgan fingerprint density at radius 2 is 1.83 bits per heavy atom. The third-order valence-electron chi connectivity index (χ3n) is 3.62. The Morgan fingerprint density at radius 3 is 2.50 bits per heavy atom. The molecular formula is C10H17LiN5O11P3. The number of phosphoric ester groups is 1. The first-order valence-electron chi connectivity index (χ1n) is 7.72. The summed E-state index contributed by atoms with van der Waals surface area (Å²) in [5.41, 5.74) is 6.53. The number of fused-ring (bicyclic) bond motifs is 1. The van der Waals surface area contributed by atoms with Crippen LogP contribution in [0.1, 0.15) is 20.5 Å². The average Bonchev–Trinajstić information content (AvgIpc) is 3.16. The molecule has 6 N–H and O–H groups in total. The fourth-order valence-corrected chi connectivity index (χ4v) is 5.62. The third-order valence-corrected chi connectivity index (χ3v) is 7.42. The smallest absolute Gasteiger partial charge is 1.00 e. The largest absolute Gasteiger partial charge is 1.00 e. The molecule has 0 spiro atoms. The first-order chi connectivity index (χ1) is 13.4. The number of nitrogen functional groups attached to an aromatic ring is 1. The molecule has 2 aromatic rings. The molecule has 2 aromatic heterocycles. The van der Waals surface area contributed by atoms with Crippen molar-refractivity contribution in [3.8, 4) is 0 Å². The van der Waals surface area contributed by atoms with Crippen LogP contribution in [-0.4, -0.2) is 51.8 Å². The molecule has 3 rings (SSSR count). The molecule has 1 aliphatic heterocycles. The summed E-state index contributed by atoms with van der Waals surface area (Å²) in [5, 5.41) is 0. The predicted octanol–water partition coefficient (Wildman–Crippen LogP) is -2.45. The molecule has 1 aliphatic rings. The molecule has 164 valence electrons. The first-order valence-corrected chi connectivity index (χ1v) is 12.2. The summed E-state index contributed by atoms with van der Waals surface area (Å²) in [7, 11) is -16.2. The monoisotopic (exact) mass is 483 g/mol. The Hall–Kier alpha value is -0.683. The second-order valence-electron chi connectivity index (χ2n) is 5.76. The average molecular weight is 483 g/mol. The molecule has 4 atom stereocenters. The second kappa shape index (κ2) is 9.44. The zero-order valence-electron chi connectivity index (χ0n) is 16.3. The number of aromatic nitrogens is 4. The Morgan fingerprint density at radius 1 is 1.13 bits per heavy atom. The van der Waals surface area contributed by atoms with Crippen LogP contribution in [-0.2, 0) is 31.6 Å². The first kappa shape index (κ1) is 25.6. The summed E-state index contributed by atoms with van der Waals surface area (Å²) in [6, 6.07) is 0. The van der Waals surface area contributed by atoms with Crippen molar-refractivity contribution in [2.24, 2.45) is 0 Å². The van der Waals surface area contributed by atoms with Crippen LogP contribution in [0.25, 0.3) is 11.2 Å². The Bertz CT molecular complexity index is 1050. The van der Waals surface area contributed by atoms with Crippen molar-refractivity contribution in [1.29, 1.82) is 0 Å². The minimum atomic E-state index is -5.56. The molecule has 2 unspecified atom stereocenters. The van der Waals surface area contributed by atoms with Crippen molar-refractivity contribution in [2.45, 2.75) is 25.2 Å². The number of nitrogens with zero attached hydrogens (tertiary/aromatic N) is 4. The maximum Gasteiger partial charge on any atom is 1.00 e. The van der Waals surface area contributed by atoms with Gasteiger partial charge in [0.05, 0.1) is 19.0 Å². The van der Waals surface area contributed by atoms with Gasteiger partial charge in [-0.05, 0) is 12.8 Å². The van der Waals surface area contributed by atoms with Gasteiger partial charge in [0.2, 0.25) is 0 Å². The van der Waals surface area contributed by atoms with Crippen molar-refractivity contribution < 1.29 is 71.4 Å². The van der Waals surface area contributed by atoms with E-state index < -0.39 is 42.4 Å². The molecule has 16 nitrogen and oxygen atoms in total. The minimum absolute atomic E-state index is 0. The third kappa shape index (κ3) is 6.66. The van der Waals surface area contributed by atoms with Gasteiger partial charge in [0, 0.05) is 0 Å². The summed E-state index contributed by atoms with van der Waals surface area (Å²) in [6.07, 6.45) is 2.30. The van der Waals surface area contributed by atoms with Gasteiger partial charge in [-0.2, -0.15) is 8.62 Å². The molecular weight excluding hydrogens is 466 g/mol. The Labute approximate surface area is 181 Å². The normalized spacial score (nSPS) is 23.6. The molecule has 30 heavy (non-hydrogen) atoms. The number of hydrogen-bond acceptors (Lipinski definition) is 11. The second-order valence-corrected chi connectivity index (χ2v) is 10.2. The fraction of sp³-hybridized carbons (Fsp3) is 0.500. The molecule has 1 saturated heterocycles. The van der Waals surface area contributed by atoms with Crippen LogP contribution in [0, 0.1) is 0 Å². The van der Waals surface area contributed by atoms with Gasteiger partial charge in [0.1, 0.15) is 18.1 Å². The van der Waals surface area contributed by atoms with E-state index in [1.54, 1.807) is 4.57 Å². The van der Waals surface area contributed by atoms with Crippen LogP contribution in [0.5, 0.6) is 0 Å². The summed E-state index contributed by atoms with van der Waals surface area (Å²) >= 11 is 0. The number of anilines is 1. The SMILES string of the molecule is Nc1ncnc2c1ncn2[C@H]1CC[C@@H](COP(=O)(O)OP(=O)(O)OP(=O)(O)O)O1.[H-].[Li+]. The number of ether oxygens (including phenoxy) is 1. The van der Waals surface area contributed by atoms with Crippen LogP contribution < -0.4 is 24.6 Å². The number of phosphoric acid groups is 3. The van der Waals surface area contributed by atoms with Crippen molar-refractivity contribution in [3.63, 3.8) is 0 Å². The van der Waals surface area contributed by atoms with Crippen molar-refractivity contribution >= 4 is 40.4 Å². The maximum atomic E-state index is 11.7. The number of rotatable bonds is 8. The zero-order valence-corrected chi connectivity index (χ0v) is 18.0. The number of hydrogen-bond donors (Lipinski definition) is 5. The van der Waals surface area contributed by atoms with Gasteiger partial charge >= 0.3 is 42.3 Å². The topological polar surface area (TPSA) is 239 Å². The summed E-state index contributed by atoms with van der Waals surface area (Å²) in [6.45, 7) is -0.524. The molecule has 0 bridgehead atoms. The van der Waals surface area contributed by atoms with Gasteiger partial charge in [-0.25, -0.2) is 28.6 Å². The summed E-state index contributed by atoms with van der Waals surface area (Å²) in [5.74, 6) is 0.191. The van der Waals surface area contributed by atoms with E-state index in [1.807, 2.05) is 0 Å². The van der Waals surface area contributed by atoms with Crippen molar-refractivity contribution in [1.82, 2.24) is 19.5 Å². The Balaban J connectivity index is 0.00000240. The van der Waals surface area contributed by atoms with Gasteiger partial charge in [0.15, 0.2) is 11.5 Å². The molecule has 0 amide bonds. The van der Waals surface area contributed by atoms with Gasteiger partial charge in [-0.15, -0.1) is 0 Å². The van der Waals surface area contributed by atoms with Crippen LogP contribution >= 0.6 is 23.5 Å². The molecule has 0 aliphatic carbocycles. The van der Waals surface area contributed by atoms with Gasteiger partial charge in [-0.3, -0.25) is 9.09 Å². The molecule has 3 heterocycles. The fourth-order valence-electron chi connectivity index (χ4n) is 2.58. The maximum absolute atomic E-state index is 11.7. The summed E-state index contributed by atoms with van der Waals surface area (Å²) < 4.78 is 52.7. The molecule has 0 saturated carbocycles. The van der Waals surface area contributed by atoms with Crippen LogP contribution in [0.15, 0.2) is 12.7 Å². The van der Waals surface area contributed by atoms with Gasteiger partial charge in [-0.1, -0.05) is 0 Å². The van der Waals surface area contributed by atoms with Crippen LogP contribution in [0.3, 0.4) is 0 Å². The quantitative estimate of drug-likeness (QED) is 0.193. The van der Waals surface area contributed by atoms with Gasteiger partial charge < -0.3 is 31.5 Å². The molecule has 0 radical (unpaired) electrons. The predicted molar refractivity (Wildman–Crippen MR) is 93.8 cm³/mol. The zero-order chi connectivity index (χ0) is 21.4. The van der Waals surface area contributed by atoms with E-state index in [-0.39, 0.29) is 26.1 Å². The van der Waals surface area contributed by atoms with Crippen molar-refractivity contribution in [2.75, 3.05) is 12.3 Å². The molecule has 0 aromatic carbocycles. The number of nitrogens with two attached hydrogens (primary N) is 1. The summed E-state index contributed by atoms with van der Waals surface area (Å²) in [4.78, 5) is 47.6. The molecule has 20 heteroatoms. The standard InChI is InChI=1S/C10H16N5O11P3.Li.H/c11-9-8-10(13-4-12-9)15(5-14-8)7-2-1-6(24-7)3-23-28(19,20)26-29(21,22)25-27(16,17)18;;/h4-7H,1-3H2,(H,19,20)(H,21,22)(H2,11,12,13)(H2,16,17,18);;/q;+1;-1/t6-,7+;;/m0../s1. The van der Waals surface area contributed by atoms with E-state index in [2.05, 4.69) is 28.1 Å². The number of imidazole rings is 1. The Kier molecular flexibility index (Phi) is 8.05. The minimum Gasteiger partial charge on any atom is -1.00 e. The van der Waals surface area contributed by atoms with E-state index in [0.29, 0.717) is 24.0 Å². The molecule has 1 fully saturated rings. The van der Waals surface area contributed by atoms with E-state index in [9.17, 15) is 18.6 Å². The van der Waals surface area contributed by atoms with E-state index in [4.69, 9.17) is 25.2 Å². The van der Waals surface area contributed by atoms with Crippen molar-refractivity contribution in [3.05, 3.63) is 12.7 Å².